The molecule has 0 fully saturated rings. The maximum atomic E-state index is 12.5. The lowest BCUT2D eigenvalue weighted by molar-refractivity contribution is -0.305. The minimum absolute atomic E-state index is 0.0000224. The number of hydrogen-bond acceptors (Lipinski definition) is 7. The van der Waals surface area contributed by atoms with Gasteiger partial charge in [-0.2, -0.15) is 0 Å². The first-order valence-corrected chi connectivity index (χ1v) is 12.3. The number of aromatic carboxylic acids is 1. The molecule has 0 spiro atoms. The van der Waals surface area contributed by atoms with Crippen molar-refractivity contribution in [3.63, 3.8) is 0 Å². The number of rotatable bonds is 13. The molecule has 4 aromatic rings. The number of carbonyl (C=O) groups is 2. The Morgan fingerprint density at radius 3 is 1.90 bits per heavy atom. The van der Waals surface area contributed by atoms with Gasteiger partial charge in [0, 0.05) is 6.42 Å². The van der Waals surface area contributed by atoms with Crippen molar-refractivity contribution in [2.45, 2.75) is 19.6 Å². The Labute approximate surface area is 225 Å². The maximum Gasteiger partial charge on any atom is 0.339 e. The van der Waals surface area contributed by atoms with E-state index < -0.39 is 11.9 Å². The van der Waals surface area contributed by atoms with Gasteiger partial charge in [0.2, 0.25) is 0 Å². The van der Waals surface area contributed by atoms with Crippen LogP contribution in [0.3, 0.4) is 0 Å². The van der Waals surface area contributed by atoms with Gasteiger partial charge in [0.1, 0.15) is 13.2 Å². The molecule has 0 aromatic heterocycles. The molecule has 39 heavy (non-hydrogen) atoms. The Morgan fingerprint density at radius 2 is 1.26 bits per heavy atom. The van der Waals surface area contributed by atoms with Gasteiger partial charge in [0.25, 0.3) is 0 Å². The number of carboxylic acids is 1. The summed E-state index contributed by atoms with van der Waals surface area (Å²) in [5, 5.41) is 18.6. The van der Waals surface area contributed by atoms with Crippen molar-refractivity contribution in [2.75, 3.05) is 13.2 Å². The van der Waals surface area contributed by atoms with Crippen LogP contribution >= 0.6 is 0 Å². The number of ether oxygens (including phenoxy) is 1. The van der Waals surface area contributed by atoms with Crippen LogP contribution < -0.4 is 0 Å². The Morgan fingerprint density at radius 1 is 0.615 bits per heavy atom. The van der Waals surface area contributed by atoms with Crippen molar-refractivity contribution < 1.29 is 39.4 Å². The molecule has 8 nitrogen and oxygen atoms in total. The van der Waals surface area contributed by atoms with E-state index in [1.165, 1.54) is 12.1 Å². The van der Waals surface area contributed by atoms with Crippen LogP contribution in [0.5, 0.6) is 0 Å². The van der Waals surface area contributed by atoms with Crippen molar-refractivity contribution in [2.24, 2.45) is 0 Å². The summed E-state index contributed by atoms with van der Waals surface area (Å²) in [6.07, 6.45) is 0.343. The molecule has 0 aliphatic heterocycles. The Hall–Kier alpha value is -4.34. The van der Waals surface area contributed by atoms with E-state index in [2.05, 4.69) is 4.89 Å². The average molecular weight is 529 g/mol. The highest BCUT2D eigenvalue weighted by Crippen LogP contribution is 2.25. The summed E-state index contributed by atoms with van der Waals surface area (Å²) < 4.78 is 5.25. The Balaban J connectivity index is 1.24. The molecular weight excluding hydrogens is 500 g/mol. The monoisotopic (exact) mass is 528 g/mol. The van der Waals surface area contributed by atoms with Gasteiger partial charge in [-0.15, -0.1) is 0 Å². The molecule has 2 N–H and O–H groups in total. The first-order chi connectivity index (χ1) is 19.1. The van der Waals surface area contributed by atoms with E-state index in [0.717, 1.165) is 27.8 Å². The number of hydrogen-bond donors (Lipinski definition) is 2. The fourth-order valence-corrected chi connectivity index (χ4v) is 4.01. The normalized spacial score (nSPS) is 10.8. The predicted octanol–water partition coefficient (Wildman–Crippen LogP) is 6.40. The summed E-state index contributed by atoms with van der Waals surface area (Å²) in [5.74, 6) is -1.93. The highest BCUT2D eigenvalue weighted by molar-refractivity contribution is 6.03. The molecule has 0 saturated heterocycles. The van der Waals surface area contributed by atoms with Crippen LogP contribution in [0.15, 0.2) is 97.1 Å². The molecule has 200 valence electrons. The molecule has 0 amide bonds. The molecule has 8 heteroatoms. The van der Waals surface area contributed by atoms with Gasteiger partial charge in [0.15, 0.2) is 0 Å². The van der Waals surface area contributed by atoms with Gasteiger partial charge < -0.3 is 9.84 Å². The predicted molar refractivity (Wildman–Crippen MR) is 144 cm³/mol. The zero-order valence-electron chi connectivity index (χ0n) is 21.1. The third kappa shape index (κ3) is 7.59. The number of benzene rings is 4. The van der Waals surface area contributed by atoms with Crippen molar-refractivity contribution >= 4 is 11.9 Å². The summed E-state index contributed by atoms with van der Waals surface area (Å²) >= 11 is 0. The van der Waals surface area contributed by atoms with Crippen molar-refractivity contribution in [1.82, 2.24) is 0 Å². The third-order valence-electron chi connectivity index (χ3n) is 6.01. The quantitative estimate of drug-likeness (QED) is 0.0887. The fourth-order valence-electron chi connectivity index (χ4n) is 4.01. The fraction of sp³-hybridized carbons (Fsp3) is 0.161. The molecule has 4 rings (SSSR count). The second kappa shape index (κ2) is 14.0. The minimum atomic E-state index is -1.21. The Bertz CT molecular complexity index is 1390. The molecule has 0 radical (unpaired) electrons. The van der Waals surface area contributed by atoms with Crippen LogP contribution in [0.1, 0.15) is 38.3 Å². The van der Waals surface area contributed by atoms with Crippen LogP contribution in [-0.2, 0) is 32.6 Å². The summed E-state index contributed by atoms with van der Waals surface area (Å²) in [6, 6.07) is 29.5. The SMILES string of the molecule is O=C(O)c1cc(-c2ccccc2)ccc1C(=O)OCCCOOCc1ccc(-c2ccccc2)cc1COO. The number of carboxylic acid groups (broad SMARTS) is 1. The van der Waals surface area contributed by atoms with Crippen molar-refractivity contribution in [3.05, 3.63) is 119 Å². The summed E-state index contributed by atoms with van der Waals surface area (Å²) in [5.41, 5.74) is 4.96. The minimum Gasteiger partial charge on any atom is -0.478 e. The van der Waals surface area contributed by atoms with Crippen molar-refractivity contribution in [3.8, 4) is 22.3 Å². The molecule has 0 aliphatic rings. The van der Waals surface area contributed by atoms with Crippen LogP contribution in [0, 0.1) is 0 Å². The van der Waals surface area contributed by atoms with Gasteiger partial charge >= 0.3 is 11.9 Å². The summed E-state index contributed by atoms with van der Waals surface area (Å²) in [6.45, 7) is 0.306. The van der Waals surface area contributed by atoms with Gasteiger partial charge in [0.05, 0.1) is 24.3 Å². The van der Waals surface area contributed by atoms with Crippen LogP contribution in [0.25, 0.3) is 22.3 Å². The van der Waals surface area contributed by atoms with Crippen LogP contribution in [0.4, 0.5) is 0 Å². The second-order valence-corrected chi connectivity index (χ2v) is 8.63. The molecule has 4 aromatic carbocycles. The zero-order chi connectivity index (χ0) is 27.5. The van der Waals surface area contributed by atoms with E-state index in [1.54, 1.807) is 6.07 Å². The highest BCUT2D eigenvalue weighted by Gasteiger charge is 2.19. The molecule has 0 bridgehead atoms. The Kier molecular flexibility index (Phi) is 9.93. The average Bonchev–Trinajstić information content (AvgIpc) is 2.98. The van der Waals surface area contributed by atoms with Crippen molar-refractivity contribution in [1.29, 1.82) is 0 Å². The smallest absolute Gasteiger partial charge is 0.339 e. The van der Waals surface area contributed by atoms with E-state index >= 15 is 0 Å². The molecule has 0 saturated carbocycles. The third-order valence-corrected chi connectivity index (χ3v) is 6.01. The van der Waals surface area contributed by atoms with Crippen LogP contribution in [0.2, 0.25) is 0 Å². The molecule has 0 aliphatic carbocycles. The largest absolute Gasteiger partial charge is 0.478 e. The van der Waals surface area contributed by atoms with E-state index in [1.807, 2.05) is 78.9 Å². The van der Waals surface area contributed by atoms with E-state index in [9.17, 15) is 14.7 Å². The lowest BCUT2D eigenvalue weighted by Gasteiger charge is -2.12. The maximum absolute atomic E-state index is 12.5. The second-order valence-electron chi connectivity index (χ2n) is 8.63. The van der Waals surface area contributed by atoms with E-state index in [-0.39, 0.29) is 37.6 Å². The zero-order valence-corrected chi connectivity index (χ0v) is 21.1. The van der Waals surface area contributed by atoms with Gasteiger partial charge in [-0.25, -0.2) is 24.3 Å². The highest BCUT2D eigenvalue weighted by atomic mass is 17.2. The molecule has 0 unspecified atom stereocenters. The molecule has 0 atom stereocenters. The molecule has 0 heterocycles. The number of carbonyl (C=O) groups excluding carboxylic acids is 1. The lowest BCUT2D eigenvalue weighted by Crippen LogP contribution is -2.13. The lowest BCUT2D eigenvalue weighted by atomic mass is 9.99. The first kappa shape index (κ1) is 27.7. The van der Waals surface area contributed by atoms with Gasteiger partial charge in [-0.3, -0.25) is 5.26 Å². The van der Waals surface area contributed by atoms with E-state index in [0.29, 0.717) is 12.0 Å². The standard InChI is InChI=1S/C31H28O8/c32-30(33)29-19-25(23-10-5-2-6-11-23)14-15-28(29)31(34)36-16-7-17-38-39-21-26-13-12-24(18-27(26)20-37-35)22-8-3-1-4-9-22/h1-6,8-15,18-19,35H,7,16-17,20-21H2,(H,32,33). The van der Waals surface area contributed by atoms with E-state index in [4.69, 9.17) is 19.8 Å². The first-order valence-electron chi connectivity index (χ1n) is 12.3. The molecular formula is C31H28O8. The van der Waals surface area contributed by atoms with Crippen LogP contribution in [-0.4, -0.2) is 35.5 Å². The van der Waals surface area contributed by atoms with Gasteiger partial charge in [-0.05, 0) is 51.6 Å². The van der Waals surface area contributed by atoms with Gasteiger partial charge in [-0.1, -0.05) is 78.9 Å². The summed E-state index contributed by atoms with van der Waals surface area (Å²) in [4.78, 5) is 39.1. The number of esters is 1. The topological polar surface area (TPSA) is 112 Å². The summed E-state index contributed by atoms with van der Waals surface area (Å²) in [7, 11) is 0.